The minimum Gasteiger partial charge on any atom is -0.491 e. The predicted molar refractivity (Wildman–Crippen MR) is 76.2 cm³/mol. The van der Waals surface area contributed by atoms with Crippen LogP contribution in [-0.4, -0.2) is 38.1 Å². The highest BCUT2D eigenvalue weighted by Crippen LogP contribution is 2.17. The SMILES string of the molecule is CCCS(=O)(=O)CCOc1ccc(C)nc1CCN. The van der Waals surface area contributed by atoms with Gasteiger partial charge in [0, 0.05) is 12.1 Å². The molecule has 0 aliphatic heterocycles. The van der Waals surface area contributed by atoms with Gasteiger partial charge in [-0.15, -0.1) is 0 Å². The first-order valence-electron chi connectivity index (χ1n) is 6.48. The number of aryl methyl sites for hydroxylation is 1. The Morgan fingerprint density at radius 1 is 1.32 bits per heavy atom. The maximum Gasteiger partial charge on any atom is 0.153 e. The first-order valence-corrected chi connectivity index (χ1v) is 8.30. The van der Waals surface area contributed by atoms with Crippen molar-refractivity contribution in [1.82, 2.24) is 4.98 Å². The van der Waals surface area contributed by atoms with Crippen molar-refractivity contribution in [3.8, 4) is 5.75 Å². The van der Waals surface area contributed by atoms with Crippen molar-refractivity contribution in [3.05, 3.63) is 23.5 Å². The summed E-state index contributed by atoms with van der Waals surface area (Å²) >= 11 is 0. The third-order valence-corrected chi connectivity index (χ3v) is 4.44. The van der Waals surface area contributed by atoms with E-state index in [1.165, 1.54) is 0 Å². The zero-order valence-corrected chi connectivity index (χ0v) is 12.4. The monoisotopic (exact) mass is 286 g/mol. The fourth-order valence-electron chi connectivity index (χ4n) is 1.74. The largest absolute Gasteiger partial charge is 0.491 e. The summed E-state index contributed by atoms with van der Waals surface area (Å²) in [6.45, 7) is 4.39. The van der Waals surface area contributed by atoms with Crippen molar-refractivity contribution in [1.29, 1.82) is 0 Å². The van der Waals surface area contributed by atoms with E-state index in [1.807, 2.05) is 26.0 Å². The first-order chi connectivity index (χ1) is 8.98. The van der Waals surface area contributed by atoms with Gasteiger partial charge in [-0.05, 0) is 32.0 Å². The van der Waals surface area contributed by atoms with Crippen molar-refractivity contribution in [2.24, 2.45) is 5.73 Å². The van der Waals surface area contributed by atoms with Gasteiger partial charge >= 0.3 is 0 Å². The van der Waals surface area contributed by atoms with Gasteiger partial charge in [0.1, 0.15) is 12.4 Å². The summed E-state index contributed by atoms with van der Waals surface area (Å²) in [4.78, 5) is 4.36. The number of nitrogens with zero attached hydrogens (tertiary/aromatic N) is 1. The molecule has 0 atom stereocenters. The lowest BCUT2D eigenvalue weighted by Crippen LogP contribution is -2.17. The van der Waals surface area contributed by atoms with Gasteiger partial charge in [-0.25, -0.2) is 8.42 Å². The molecule has 0 aromatic carbocycles. The maximum absolute atomic E-state index is 11.6. The van der Waals surface area contributed by atoms with Crippen LogP contribution in [0.2, 0.25) is 0 Å². The Bertz CT molecular complexity index is 501. The van der Waals surface area contributed by atoms with Gasteiger partial charge in [0.25, 0.3) is 0 Å². The van der Waals surface area contributed by atoms with Crippen LogP contribution >= 0.6 is 0 Å². The second-order valence-corrected chi connectivity index (χ2v) is 6.74. The van der Waals surface area contributed by atoms with Crippen molar-refractivity contribution >= 4 is 9.84 Å². The van der Waals surface area contributed by atoms with E-state index in [1.54, 1.807) is 0 Å². The van der Waals surface area contributed by atoms with Crippen LogP contribution < -0.4 is 10.5 Å². The Morgan fingerprint density at radius 2 is 2.05 bits per heavy atom. The predicted octanol–water partition coefficient (Wildman–Crippen LogP) is 1.09. The van der Waals surface area contributed by atoms with Crippen LogP contribution in [0.5, 0.6) is 5.75 Å². The molecule has 0 spiro atoms. The molecule has 0 radical (unpaired) electrons. The molecule has 0 aliphatic rings. The van der Waals surface area contributed by atoms with Crippen LogP contribution in [0.1, 0.15) is 24.7 Å². The molecule has 0 fully saturated rings. The zero-order chi connectivity index (χ0) is 14.3. The van der Waals surface area contributed by atoms with Gasteiger partial charge < -0.3 is 10.5 Å². The summed E-state index contributed by atoms with van der Waals surface area (Å²) in [6.07, 6.45) is 1.26. The smallest absolute Gasteiger partial charge is 0.153 e. The molecule has 0 amide bonds. The maximum atomic E-state index is 11.6. The summed E-state index contributed by atoms with van der Waals surface area (Å²) < 4.78 is 28.7. The zero-order valence-electron chi connectivity index (χ0n) is 11.6. The molecule has 19 heavy (non-hydrogen) atoms. The Morgan fingerprint density at radius 3 is 2.68 bits per heavy atom. The summed E-state index contributed by atoms with van der Waals surface area (Å²) in [6, 6.07) is 3.66. The van der Waals surface area contributed by atoms with Gasteiger partial charge in [-0.2, -0.15) is 0 Å². The van der Waals surface area contributed by atoms with E-state index in [0.717, 1.165) is 11.4 Å². The van der Waals surface area contributed by atoms with Crippen LogP contribution in [0.25, 0.3) is 0 Å². The molecule has 1 rings (SSSR count). The van der Waals surface area contributed by atoms with E-state index in [9.17, 15) is 8.42 Å². The quantitative estimate of drug-likeness (QED) is 0.773. The average molecular weight is 286 g/mol. The number of hydrogen-bond donors (Lipinski definition) is 1. The van der Waals surface area contributed by atoms with E-state index in [0.29, 0.717) is 25.1 Å². The second kappa shape index (κ2) is 7.45. The Hall–Kier alpha value is -1.14. The Labute approximate surface area is 115 Å². The molecule has 6 heteroatoms. The normalized spacial score (nSPS) is 11.5. The van der Waals surface area contributed by atoms with Crippen molar-refractivity contribution in [3.63, 3.8) is 0 Å². The second-order valence-electron chi connectivity index (χ2n) is 4.44. The molecule has 108 valence electrons. The highest BCUT2D eigenvalue weighted by atomic mass is 32.2. The summed E-state index contributed by atoms with van der Waals surface area (Å²) in [5.41, 5.74) is 7.21. The molecule has 2 N–H and O–H groups in total. The summed E-state index contributed by atoms with van der Waals surface area (Å²) in [5, 5.41) is 0. The van der Waals surface area contributed by atoms with Crippen molar-refractivity contribution in [2.75, 3.05) is 24.7 Å². The molecule has 0 saturated heterocycles. The molecule has 0 bridgehead atoms. The molecule has 1 aromatic rings. The average Bonchev–Trinajstić information content (AvgIpc) is 2.32. The fraction of sp³-hybridized carbons (Fsp3) is 0.615. The molecule has 1 heterocycles. The molecule has 0 unspecified atom stereocenters. The summed E-state index contributed by atoms with van der Waals surface area (Å²) in [5.74, 6) is 0.873. The van der Waals surface area contributed by atoms with E-state index >= 15 is 0 Å². The fourth-order valence-corrected chi connectivity index (χ4v) is 2.90. The molecule has 5 nitrogen and oxygen atoms in total. The minimum atomic E-state index is -3.01. The van der Waals surface area contributed by atoms with Gasteiger partial charge in [0.2, 0.25) is 0 Å². The van der Waals surface area contributed by atoms with Crippen LogP contribution in [0, 0.1) is 6.92 Å². The highest BCUT2D eigenvalue weighted by molar-refractivity contribution is 7.91. The summed E-state index contributed by atoms with van der Waals surface area (Å²) in [7, 11) is -3.01. The van der Waals surface area contributed by atoms with E-state index in [2.05, 4.69) is 4.98 Å². The number of hydrogen-bond acceptors (Lipinski definition) is 5. The van der Waals surface area contributed by atoms with Crippen LogP contribution in [0.3, 0.4) is 0 Å². The number of pyridine rings is 1. The molecule has 0 aliphatic carbocycles. The number of ether oxygens (including phenoxy) is 1. The third kappa shape index (κ3) is 5.57. The van der Waals surface area contributed by atoms with Gasteiger partial charge in [0.05, 0.1) is 17.2 Å². The topological polar surface area (TPSA) is 82.3 Å². The molecular formula is C13H22N2O3S. The molecule has 1 aromatic heterocycles. The lowest BCUT2D eigenvalue weighted by molar-refractivity contribution is 0.335. The number of aromatic nitrogens is 1. The van der Waals surface area contributed by atoms with Crippen LogP contribution in [0.4, 0.5) is 0 Å². The van der Waals surface area contributed by atoms with Gasteiger partial charge in [-0.1, -0.05) is 6.92 Å². The lowest BCUT2D eigenvalue weighted by atomic mass is 10.2. The number of sulfone groups is 1. The van der Waals surface area contributed by atoms with Crippen LogP contribution in [0.15, 0.2) is 12.1 Å². The van der Waals surface area contributed by atoms with E-state index < -0.39 is 9.84 Å². The Balaban J connectivity index is 2.62. The highest BCUT2D eigenvalue weighted by Gasteiger charge is 2.11. The Kier molecular flexibility index (Phi) is 6.24. The molecular weight excluding hydrogens is 264 g/mol. The number of rotatable bonds is 8. The van der Waals surface area contributed by atoms with E-state index in [4.69, 9.17) is 10.5 Å². The van der Waals surface area contributed by atoms with Crippen molar-refractivity contribution < 1.29 is 13.2 Å². The van der Waals surface area contributed by atoms with E-state index in [-0.39, 0.29) is 18.1 Å². The lowest BCUT2D eigenvalue weighted by Gasteiger charge is -2.11. The third-order valence-electron chi connectivity index (χ3n) is 2.62. The standard InChI is InChI=1S/C13H22N2O3S/c1-3-9-19(16,17)10-8-18-13-5-4-11(2)15-12(13)6-7-14/h4-5H,3,6-10,14H2,1-2H3. The number of nitrogens with two attached hydrogens (primary N) is 1. The first kappa shape index (κ1) is 15.9. The van der Waals surface area contributed by atoms with Crippen LogP contribution in [-0.2, 0) is 16.3 Å². The van der Waals surface area contributed by atoms with Gasteiger partial charge in [-0.3, -0.25) is 4.98 Å². The van der Waals surface area contributed by atoms with Crippen molar-refractivity contribution in [2.45, 2.75) is 26.7 Å². The minimum absolute atomic E-state index is 0.0385. The molecule has 0 saturated carbocycles. The van der Waals surface area contributed by atoms with Gasteiger partial charge in [0.15, 0.2) is 9.84 Å².